The van der Waals surface area contributed by atoms with Gasteiger partial charge in [-0.3, -0.25) is 19.5 Å². The quantitative estimate of drug-likeness (QED) is 0.373. The number of carbonyl (C=O) groups excluding carboxylic acids is 2. The molecule has 162 valence electrons. The molecule has 3 aromatic rings. The number of rotatable bonds is 5. The van der Waals surface area contributed by atoms with Crippen molar-refractivity contribution in [1.29, 1.82) is 0 Å². The number of ketones is 1. The highest BCUT2D eigenvalue weighted by molar-refractivity contribution is 6.51. The van der Waals surface area contributed by atoms with Crippen molar-refractivity contribution in [2.45, 2.75) is 13.0 Å². The van der Waals surface area contributed by atoms with Crippen LogP contribution in [0.3, 0.4) is 0 Å². The number of hydrogen-bond donors (Lipinski definition) is 1. The summed E-state index contributed by atoms with van der Waals surface area (Å²) < 4.78 is 10.6. The molecule has 0 aliphatic carbocycles. The summed E-state index contributed by atoms with van der Waals surface area (Å²) in [7, 11) is 2.98. The summed E-state index contributed by atoms with van der Waals surface area (Å²) >= 11 is 0. The number of aromatic nitrogens is 1. The van der Waals surface area contributed by atoms with Crippen LogP contribution in [0.1, 0.15) is 22.9 Å². The zero-order valence-electron chi connectivity index (χ0n) is 17.9. The smallest absolute Gasteiger partial charge is 0.300 e. The number of benzene rings is 2. The van der Waals surface area contributed by atoms with Crippen LogP contribution in [-0.4, -0.2) is 36.0 Å². The predicted octanol–water partition coefficient (Wildman–Crippen LogP) is 4.03. The summed E-state index contributed by atoms with van der Waals surface area (Å²) in [6.07, 6.45) is 1.59. The second-order valence-corrected chi connectivity index (χ2v) is 7.28. The predicted molar refractivity (Wildman–Crippen MR) is 120 cm³/mol. The van der Waals surface area contributed by atoms with E-state index in [1.807, 2.05) is 19.1 Å². The van der Waals surface area contributed by atoms with E-state index in [0.29, 0.717) is 28.4 Å². The summed E-state index contributed by atoms with van der Waals surface area (Å²) in [5, 5.41) is 11.2. The number of methoxy groups -OCH3 is 2. The zero-order chi connectivity index (χ0) is 22.8. The molecule has 1 amide bonds. The average molecular weight is 430 g/mol. The molecule has 1 aromatic heterocycles. The van der Waals surface area contributed by atoms with E-state index in [2.05, 4.69) is 4.98 Å². The molecule has 1 saturated heterocycles. The third-order valence-corrected chi connectivity index (χ3v) is 5.44. The number of pyridine rings is 1. The van der Waals surface area contributed by atoms with Crippen LogP contribution in [0.25, 0.3) is 5.76 Å². The molecule has 2 heterocycles. The Balaban J connectivity index is 1.95. The number of amides is 1. The lowest BCUT2D eigenvalue weighted by Crippen LogP contribution is -2.30. The van der Waals surface area contributed by atoms with Crippen LogP contribution in [0.5, 0.6) is 11.5 Å². The molecular weight excluding hydrogens is 408 g/mol. The molecule has 0 saturated carbocycles. The lowest BCUT2D eigenvalue weighted by atomic mass is 9.97. The normalized spacial score (nSPS) is 17.5. The second kappa shape index (κ2) is 8.55. The molecule has 1 fully saturated rings. The Hall–Kier alpha value is -4.13. The first-order chi connectivity index (χ1) is 15.5. The number of para-hydroxylation sites is 1. The second-order valence-electron chi connectivity index (χ2n) is 7.28. The average Bonchev–Trinajstić information content (AvgIpc) is 3.09. The highest BCUT2D eigenvalue weighted by atomic mass is 16.5. The first kappa shape index (κ1) is 21.1. The van der Waals surface area contributed by atoms with Crippen LogP contribution in [0.15, 0.2) is 72.4 Å². The molecule has 32 heavy (non-hydrogen) atoms. The maximum absolute atomic E-state index is 13.2. The number of carbonyl (C=O) groups is 2. The Labute approximate surface area is 185 Å². The summed E-state index contributed by atoms with van der Waals surface area (Å²) in [5.41, 5.74) is 2.16. The van der Waals surface area contributed by atoms with E-state index in [4.69, 9.17) is 9.47 Å². The minimum absolute atomic E-state index is 0.0378. The van der Waals surface area contributed by atoms with Crippen molar-refractivity contribution in [3.8, 4) is 11.5 Å². The Morgan fingerprint density at radius 2 is 1.69 bits per heavy atom. The van der Waals surface area contributed by atoms with E-state index in [9.17, 15) is 14.7 Å². The zero-order valence-corrected chi connectivity index (χ0v) is 17.9. The maximum atomic E-state index is 13.2. The van der Waals surface area contributed by atoms with Gasteiger partial charge in [-0.2, -0.15) is 0 Å². The SMILES string of the molecule is COc1ccc(/C(O)=C2/C(=O)C(=O)N(c3ccccc3C)C2c2ccccn2)cc1OC. The van der Waals surface area contributed by atoms with Crippen LogP contribution in [-0.2, 0) is 9.59 Å². The fraction of sp³-hybridized carbons (Fsp3) is 0.160. The van der Waals surface area contributed by atoms with Crippen LogP contribution in [0, 0.1) is 6.92 Å². The van der Waals surface area contributed by atoms with E-state index < -0.39 is 17.7 Å². The Morgan fingerprint density at radius 3 is 2.34 bits per heavy atom. The van der Waals surface area contributed by atoms with E-state index in [1.165, 1.54) is 19.1 Å². The van der Waals surface area contributed by atoms with Gasteiger partial charge in [0.15, 0.2) is 11.5 Å². The molecule has 1 aliphatic rings. The maximum Gasteiger partial charge on any atom is 0.300 e. The van der Waals surface area contributed by atoms with E-state index >= 15 is 0 Å². The molecule has 1 atom stereocenters. The van der Waals surface area contributed by atoms with Gasteiger partial charge in [-0.1, -0.05) is 24.3 Å². The van der Waals surface area contributed by atoms with Gasteiger partial charge in [0.05, 0.1) is 25.5 Å². The van der Waals surface area contributed by atoms with E-state index in [-0.39, 0.29) is 11.3 Å². The van der Waals surface area contributed by atoms with Crippen molar-refractivity contribution in [2.24, 2.45) is 0 Å². The van der Waals surface area contributed by atoms with Crippen LogP contribution in [0.4, 0.5) is 5.69 Å². The van der Waals surface area contributed by atoms with Crippen molar-refractivity contribution < 1.29 is 24.2 Å². The molecule has 0 radical (unpaired) electrons. The summed E-state index contributed by atoms with van der Waals surface area (Å²) in [6.45, 7) is 1.86. The van der Waals surface area contributed by atoms with Gasteiger partial charge in [0.1, 0.15) is 11.8 Å². The minimum atomic E-state index is -0.884. The lowest BCUT2D eigenvalue weighted by molar-refractivity contribution is -0.132. The number of anilines is 1. The summed E-state index contributed by atoms with van der Waals surface area (Å²) in [4.78, 5) is 32.1. The van der Waals surface area contributed by atoms with Crippen molar-refractivity contribution >= 4 is 23.1 Å². The molecule has 1 aliphatic heterocycles. The molecule has 0 bridgehead atoms. The van der Waals surface area contributed by atoms with Gasteiger partial charge in [0.25, 0.3) is 11.7 Å². The molecule has 0 spiro atoms. The van der Waals surface area contributed by atoms with Crippen LogP contribution < -0.4 is 14.4 Å². The fourth-order valence-corrected chi connectivity index (χ4v) is 3.87. The third-order valence-electron chi connectivity index (χ3n) is 5.44. The first-order valence-corrected chi connectivity index (χ1v) is 9.98. The van der Waals surface area contributed by atoms with Crippen molar-refractivity contribution in [3.63, 3.8) is 0 Å². The van der Waals surface area contributed by atoms with Gasteiger partial charge in [-0.15, -0.1) is 0 Å². The fourth-order valence-electron chi connectivity index (χ4n) is 3.87. The Bertz CT molecular complexity index is 1220. The minimum Gasteiger partial charge on any atom is -0.507 e. The van der Waals surface area contributed by atoms with Crippen LogP contribution >= 0.6 is 0 Å². The number of ether oxygens (including phenoxy) is 2. The monoisotopic (exact) mass is 430 g/mol. The molecular formula is C25H22N2O5. The number of nitrogens with zero attached hydrogens (tertiary/aromatic N) is 2. The third kappa shape index (κ3) is 3.47. The number of aryl methyl sites for hydroxylation is 1. The standard InChI is InChI=1S/C25H22N2O5/c1-15-8-4-5-10-18(15)27-22(17-9-6-7-13-26-17)21(24(29)25(27)30)23(28)16-11-12-19(31-2)20(14-16)32-3/h4-14,22,28H,1-3H3/b23-21-. The van der Waals surface area contributed by atoms with Crippen LogP contribution in [0.2, 0.25) is 0 Å². The summed E-state index contributed by atoms with van der Waals surface area (Å²) in [5.74, 6) is -0.950. The molecule has 4 rings (SSSR count). The Morgan fingerprint density at radius 1 is 0.969 bits per heavy atom. The molecule has 1 N–H and O–H groups in total. The highest BCUT2D eigenvalue weighted by Gasteiger charge is 2.48. The number of aliphatic hydroxyl groups is 1. The number of hydrogen-bond acceptors (Lipinski definition) is 6. The lowest BCUT2D eigenvalue weighted by Gasteiger charge is -2.26. The van der Waals surface area contributed by atoms with Gasteiger partial charge >= 0.3 is 0 Å². The summed E-state index contributed by atoms with van der Waals surface area (Å²) in [6, 6.07) is 16.4. The van der Waals surface area contributed by atoms with Crippen molar-refractivity contribution in [2.75, 3.05) is 19.1 Å². The molecule has 1 unspecified atom stereocenters. The van der Waals surface area contributed by atoms with Crippen molar-refractivity contribution in [1.82, 2.24) is 4.98 Å². The van der Waals surface area contributed by atoms with Crippen molar-refractivity contribution in [3.05, 3.63) is 89.3 Å². The van der Waals surface area contributed by atoms with Gasteiger partial charge in [-0.25, -0.2) is 0 Å². The van der Waals surface area contributed by atoms with Gasteiger partial charge in [-0.05, 0) is 48.9 Å². The highest BCUT2D eigenvalue weighted by Crippen LogP contribution is 2.43. The topological polar surface area (TPSA) is 89.0 Å². The van der Waals surface area contributed by atoms with E-state index in [1.54, 1.807) is 54.7 Å². The largest absolute Gasteiger partial charge is 0.507 e. The van der Waals surface area contributed by atoms with Gasteiger partial charge in [0, 0.05) is 17.4 Å². The van der Waals surface area contributed by atoms with E-state index in [0.717, 1.165) is 5.56 Å². The van der Waals surface area contributed by atoms with Gasteiger partial charge in [0.2, 0.25) is 0 Å². The molecule has 2 aromatic carbocycles. The number of aliphatic hydroxyl groups excluding tert-OH is 1. The van der Waals surface area contributed by atoms with Gasteiger partial charge < -0.3 is 14.6 Å². The molecule has 7 nitrogen and oxygen atoms in total. The Kier molecular flexibility index (Phi) is 5.64. The molecule has 7 heteroatoms. The first-order valence-electron chi connectivity index (χ1n) is 9.98. The number of Topliss-reactive ketones (excluding diaryl/α,β-unsaturated/α-hetero) is 1.